The van der Waals surface area contributed by atoms with E-state index in [1.807, 2.05) is 31.2 Å². The van der Waals surface area contributed by atoms with Crippen molar-refractivity contribution >= 4 is 27.7 Å². The number of anilines is 1. The molecule has 6 heteroatoms. The molecular weight excluding hydrogens is 332 g/mol. The molecule has 0 aliphatic rings. The van der Waals surface area contributed by atoms with Crippen LogP contribution in [0.5, 0.6) is 0 Å². The number of carbonyl (C=O) groups excluding carboxylic acids is 1. The molecule has 0 aliphatic carbocycles. The van der Waals surface area contributed by atoms with E-state index in [2.05, 4.69) is 31.2 Å². The summed E-state index contributed by atoms with van der Waals surface area (Å²) >= 11 is 3.39. The van der Waals surface area contributed by atoms with Gasteiger partial charge in [0.25, 0.3) is 5.91 Å². The minimum atomic E-state index is -0.145. The summed E-state index contributed by atoms with van der Waals surface area (Å²) in [6.07, 6.45) is 3.07. The smallest absolute Gasteiger partial charge is 0.274 e. The fourth-order valence-electron chi connectivity index (χ4n) is 1.84. The van der Waals surface area contributed by atoms with E-state index in [0.29, 0.717) is 18.1 Å². The first-order valence-corrected chi connectivity index (χ1v) is 7.45. The van der Waals surface area contributed by atoms with E-state index < -0.39 is 0 Å². The van der Waals surface area contributed by atoms with E-state index in [0.717, 1.165) is 16.6 Å². The Morgan fingerprint density at radius 3 is 2.52 bits per heavy atom. The lowest BCUT2D eigenvalue weighted by molar-refractivity contribution is 0.0779. The fraction of sp³-hybridized carbons (Fsp3) is 0.267. The van der Waals surface area contributed by atoms with Crippen molar-refractivity contribution in [1.82, 2.24) is 14.9 Å². The minimum Gasteiger partial charge on any atom is -0.369 e. The van der Waals surface area contributed by atoms with Crippen molar-refractivity contribution in [3.05, 3.63) is 52.4 Å². The van der Waals surface area contributed by atoms with Crippen molar-refractivity contribution in [2.75, 3.05) is 18.9 Å². The lowest BCUT2D eigenvalue weighted by Crippen LogP contribution is -2.27. The maximum absolute atomic E-state index is 12.3. The molecule has 21 heavy (non-hydrogen) atoms. The Morgan fingerprint density at radius 2 is 1.95 bits per heavy atom. The van der Waals surface area contributed by atoms with Crippen LogP contribution in [0.4, 0.5) is 5.82 Å². The summed E-state index contributed by atoms with van der Waals surface area (Å²) in [5, 5.41) is 3.05. The number of nitrogens with one attached hydrogen (secondary N) is 1. The highest BCUT2D eigenvalue weighted by atomic mass is 79.9. The van der Waals surface area contributed by atoms with E-state index in [1.165, 1.54) is 6.20 Å². The molecule has 0 saturated carbocycles. The minimum absolute atomic E-state index is 0.145. The van der Waals surface area contributed by atoms with Crippen LogP contribution >= 0.6 is 15.9 Å². The van der Waals surface area contributed by atoms with Crippen molar-refractivity contribution in [2.24, 2.45) is 0 Å². The predicted octanol–water partition coefficient (Wildman–Crippen LogP) is 2.94. The van der Waals surface area contributed by atoms with Crippen molar-refractivity contribution in [1.29, 1.82) is 0 Å². The average Bonchev–Trinajstić information content (AvgIpc) is 2.50. The molecule has 5 nitrogen and oxygen atoms in total. The first kappa shape index (κ1) is 15.4. The second-order valence-electron chi connectivity index (χ2n) is 4.60. The number of amides is 1. The number of benzene rings is 1. The van der Waals surface area contributed by atoms with Crippen molar-refractivity contribution in [3.63, 3.8) is 0 Å². The van der Waals surface area contributed by atoms with E-state index >= 15 is 0 Å². The van der Waals surface area contributed by atoms with Crippen LogP contribution in [0.25, 0.3) is 0 Å². The molecule has 2 rings (SSSR count). The molecule has 0 saturated heterocycles. The summed E-state index contributed by atoms with van der Waals surface area (Å²) in [7, 11) is 1.75. The molecule has 0 bridgehead atoms. The molecule has 1 aromatic heterocycles. The van der Waals surface area contributed by atoms with Crippen LogP contribution in [0.15, 0.2) is 41.1 Å². The topological polar surface area (TPSA) is 58.1 Å². The summed E-state index contributed by atoms with van der Waals surface area (Å²) < 4.78 is 1.02. The Hall–Kier alpha value is -1.95. The zero-order valence-corrected chi connectivity index (χ0v) is 13.6. The van der Waals surface area contributed by atoms with Gasteiger partial charge in [0.2, 0.25) is 0 Å². The molecule has 0 unspecified atom stereocenters. The Morgan fingerprint density at radius 1 is 1.24 bits per heavy atom. The summed E-state index contributed by atoms with van der Waals surface area (Å²) in [5.74, 6) is 0.526. The van der Waals surface area contributed by atoms with Gasteiger partial charge in [-0.2, -0.15) is 0 Å². The molecule has 1 amide bonds. The Bertz CT molecular complexity index is 598. The van der Waals surface area contributed by atoms with Crippen LogP contribution in [0, 0.1) is 0 Å². The predicted molar refractivity (Wildman–Crippen MR) is 86.1 cm³/mol. The number of halogens is 1. The molecule has 1 aromatic carbocycles. The van der Waals surface area contributed by atoms with Crippen molar-refractivity contribution in [3.8, 4) is 0 Å². The second-order valence-corrected chi connectivity index (χ2v) is 5.52. The molecule has 0 aliphatic heterocycles. The first-order valence-electron chi connectivity index (χ1n) is 6.66. The van der Waals surface area contributed by atoms with E-state index in [-0.39, 0.29) is 5.91 Å². The summed E-state index contributed by atoms with van der Waals surface area (Å²) in [6, 6.07) is 7.87. The van der Waals surface area contributed by atoms with Gasteiger partial charge in [-0.05, 0) is 24.6 Å². The van der Waals surface area contributed by atoms with Gasteiger partial charge in [-0.15, -0.1) is 0 Å². The summed E-state index contributed by atoms with van der Waals surface area (Å²) in [4.78, 5) is 22.2. The SMILES string of the molecule is CCNc1cnc(C(=O)N(C)Cc2ccc(Br)cc2)cn1. The van der Waals surface area contributed by atoms with Crippen LogP contribution in [-0.4, -0.2) is 34.4 Å². The van der Waals surface area contributed by atoms with Gasteiger partial charge in [0, 0.05) is 24.6 Å². The Labute approximate surface area is 132 Å². The third-order valence-electron chi connectivity index (χ3n) is 2.91. The molecule has 0 radical (unpaired) electrons. The number of nitrogens with zero attached hydrogens (tertiary/aromatic N) is 3. The second kappa shape index (κ2) is 7.17. The lowest BCUT2D eigenvalue weighted by atomic mass is 10.2. The molecule has 1 heterocycles. The van der Waals surface area contributed by atoms with E-state index in [1.54, 1.807) is 18.1 Å². The highest BCUT2D eigenvalue weighted by molar-refractivity contribution is 9.10. The van der Waals surface area contributed by atoms with E-state index in [4.69, 9.17) is 0 Å². The Kier molecular flexibility index (Phi) is 5.27. The van der Waals surface area contributed by atoms with Crippen LogP contribution in [0.2, 0.25) is 0 Å². The lowest BCUT2D eigenvalue weighted by Gasteiger charge is -2.16. The Balaban J connectivity index is 2.02. The normalized spacial score (nSPS) is 10.2. The number of hydrogen-bond acceptors (Lipinski definition) is 4. The van der Waals surface area contributed by atoms with Gasteiger partial charge in [0.05, 0.1) is 12.4 Å². The number of aromatic nitrogens is 2. The largest absolute Gasteiger partial charge is 0.369 e. The van der Waals surface area contributed by atoms with Gasteiger partial charge >= 0.3 is 0 Å². The highest BCUT2D eigenvalue weighted by Gasteiger charge is 2.14. The molecule has 2 aromatic rings. The maximum Gasteiger partial charge on any atom is 0.274 e. The standard InChI is InChI=1S/C15H17BrN4O/c1-3-17-14-9-18-13(8-19-14)15(21)20(2)10-11-4-6-12(16)7-5-11/h4-9H,3,10H2,1-2H3,(H,17,19). The molecule has 0 atom stereocenters. The number of rotatable bonds is 5. The third-order valence-corrected chi connectivity index (χ3v) is 3.44. The van der Waals surface area contributed by atoms with Gasteiger partial charge in [-0.25, -0.2) is 9.97 Å². The zero-order valence-electron chi connectivity index (χ0n) is 12.0. The van der Waals surface area contributed by atoms with Gasteiger partial charge in [0.15, 0.2) is 0 Å². The maximum atomic E-state index is 12.3. The van der Waals surface area contributed by atoms with Crippen molar-refractivity contribution < 1.29 is 4.79 Å². The molecular formula is C15H17BrN4O. The number of carbonyl (C=O) groups is 1. The van der Waals surface area contributed by atoms with Crippen LogP contribution in [0.3, 0.4) is 0 Å². The van der Waals surface area contributed by atoms with E-state index in [9.17, 15) is 4.79 Å². The van der Waals surface area contributed by atoms with Crippen LogP contribution < -0.4 is 5.32 Å². The summed E-state index contributed by atoms with van der Waals surface area (Å²) in [5.41, 5.74) is 1.41. The monoisotopic (exact) mass is 348 g/mol. The van der Waals surface area contributed by atoms with Gasteiger partial charge < -0.3 is 10.2 Å². The van der Waals surface area contributed by atoms with Crippen LogP contribution in [0.1, 0.15) is 23.0 Å². The fourth-order valence-corrected chi connectivity index (χ4v) is 2.11. The summed E-state index contributed by atoms with van der Waals surface area (Å²) in [6.45, 7) is 3.28. The van der Waals surface area contributed by atoms with Crippen LogP contribution in [-0.2, 0) is 6.54 Å². The molecule has 0 spiro atoms. The average molecular weight is 349 g/mol. The first-order chi connectivity index (χ1) is 10.1. The van der Waals surface area contributed by atoms with Gasteiger partial charge in [-0.3, -0.25) is 4.79 Å². The van der Waals surface area contributed by atoms with Gasteiger partial charge in [0.1, 0.15) is 11.5 Å². The number of hydrogen-bond donors (Lipinski definition) is 1. The molecule has 0 fully saturated rings. The molecule has 1 N–H and O–H groups in total. The zero-order chi connectivity index (χ0) is 15.2. The molecule has 110 valence electrons. The third kappa shape index (κ3) is 4.26. The quantitative estimate of drug-likeness (QED) is 0.902. The van der Waals surface area contributed by atoms with Crippen molar-refractivity contribution in [2.45, 2.75) is 13.5 Å². The highest BCUT2D eigenvalue weighted by Crippen LogP contribution is 2.12. The van der Waals surface area contributed by atoms with Gasteiger partial charge in [-0.1, -0.05) is 28.1 Å².